The van der Waals surface area contributed by atoms with E-state index < -0.39 is 0 Å². The summed E-state index contributed by atoms with van der Waals surface area (Å²) in [7, 11) is 0. The van der Waals surface area contributed by atoms with E-state index in [-0.39, 0.29) is 12.2 Å². The number of hydrogen-bond donors (Lipinski definition) is 0. The second kappa shape index (κ2) is 5.33. The summed E-state index contributed by atoms with van der Waals surface area (Å²) >= 11 is 0. The molecular formula is C20H21N. The van der Waals surface area contributed by atoms with Gasteiger partial charge in [0.05, 0.1) is 8.44 Å². The third-order valence-electron chi connectivity index (χ3n) is 3.82. The smallest absolute Gasteiger partial charge is 0.0840 e. The Balaban J connectivity index is 2.35. The molecule has 3 aromatic rings. The molecule has 0 N–H and O–H groups in total. The molecule has 21 heavy (non-hydrogen) atoms. The molecule has 0 saturated carbocycles. The van der Waals surface area contributed by atoms with Crippen molar-refractivity contribution in [3.05, 3.63) is 65.3 Å². The van der Waals surface area contributed by atoms with Gasteiger partial charge in [0.25, 0.3) is 0 Å². The summed E-state index contributed by atoms with van der Waals surface area (Å²) in [5, 5.41) is 1.76. The lowest BCUT2D eigenvalue weighted by Crippen LogP contribution is -1.91. The maximum Gasteiger partial charge on any atom is 0.0840 e. The molecule has 0 aliphatic rings. The molecule has 0 aliphatic carbocycles. The number of rotatable bonds is 2. The molecule has 0 unspecified atom stereocenters. The highest BCUT2D eigenvalue weighted by atomic mass is 14.7. The number of benzene rings is 2. The average molecular weight is 277 g/mol. The summed E-state index contributed by atoms with van der Waals surface area (Å²) in [5.41, 5.74) is 5.34. The minimum atomic E-state index is 0.0348. The second-order valence-electron chi connectivity index (χ2n) is 6.03. The van der Waals surface area contributed by atoms with Gasteiger partial charge in [-0.25, -0.2) is 0 Å². The van der Waals surface area contributed by atoms with Crippen LogP contribution in [0.25, 0.3) is 22.0 Å². The summed E-state index contributed by atoms with van der Waals surface area (Å²) in [6.07, 6.45) is 0.0348. The molecule has 1 heterocycles. The van der Waals surface area contributed by atoms with Crippen LogP contribution in [0.1, 0.15) is 39.2 Å². The number of nitrogens with zero attached hydrogens (tertiary/aromatic N) is 1. The van der Waals surface area contributed by atoms with Crippen LogP contribution >= 0.6 is 0 Å². The molecule has 106 valence electrons. The third kappa shape index (κ3) is 2.69. The van der Waals surface area contributed by atoms with Gasteiger partial charge in [-0.2, -0.15) is 0 Å². The first-order chi connectivity index (χ1) is 10.9. The number of pyridine rings is 1. The van der Waals surface area contributed by atoms with Crippen LogP contribution in [0.15, 0.2) is 48.6 Å². The van der Waals surface area contributed by atoms with E-state index in [4.69, 9.17) is 2.74 Å². The van der Waals surface area contributed by atoms with Gasteiger partial charge in [0, 0.05) is 17.1 Å². The quantitative estimate of drug-likeness (QED) is 0.590. The van der Waals surface area contributed by atoms with Crippen molar-refractivity contribution in [2.75, 3.05) is 0 Å². The fourth-order valence-corrected chi connectivity index (χ4v) is 2.77. The van der Waals surface area contributed by atoms with Gasteiger partial charge in [-0.3, -0.25) is 4.98 Å². The van der Waals surface area contributed by atoms with Gasteiger partial charge in [0.15, 0.2) is 0 Å². The zero-order valence-electron chi connectivity index (χ0n) is 15.0. The van der Waals surface area contributed by atoms with E-state index in [2.05, 4.69) is 56.9 Å². The number of fused-ring (bicyclic) bond motifs is 1. The summed E-state index contributed by atoms with van der Waals surface area (Å²) in [6.45, 7) is 8.41. The molecule has 0 fully saturated rings. The maximum absolute atomic E-state index is 8.22. The van der Waals surface area contributed by atoms with Crippen LogP contribution in [0.3, 0.4) is 0 Å². The Hall–Kier alpha value is -2.15. The van der Waals surface area contributed by atoms with Crippen molar-refractivity contribution >= 4 is 10.8 Å². The summed E-state index contributed by atoms with van der Waals surface area (Å²) in [5.74, 6) is 0.394. The third-order valence-corrected chi connectivity index (χ3v) is 3.82. The molecule has 0 spiro atoms. The number of aryl methyl sites for hydroxylation is 2. The van der Waals surface area contributed by atoms with Crippen molar-refractivity contribution in [1.82, 2.24) is 4.98 Å². The SMILES string of the molecule is [2H]c1nc(-c2cc(C)cc(C)c2)c2ccc(C(C)C)cc2c1[2H]. The van der Waals surface area contributed by atoms with Crippen LogP contribution in [0.5, 0.6) is 0 Å². The lowest BCUT2D eigenvalue weighted by atomic mass is 9.96. The first-order valence-electron chi connectivity index (χ1n) is 8.36. The van der Waals surface area contributed by atoms with Crippen LogP contribution in [0.2, 0.25) is 0 Å². The Labute approximate surface area is 129 Å². The second-order valence-corrected chi connectivity index (χ2v) is 6.03. The standard InChI is InChI=1S/C20H21N/c1-13(2)16-5-6-19-17(12-16)7-8-21-20(19)18-10-14(3)9-15(4)11-18/h5-13H,1-4H3/i7D,8D. The van der Waals surface area contributed by atoms with Crippen molar-refractivity contribution < 1.29 is 2.74 Å². The van der Waals surface area contributed by atoms with Crippen molar-refractivity contribution in [1.29, 1.82) is 0 Å². The van der Waals surface area contributed by atoms with Crippen molar-refractivity contribution in [2.45, 2.75) is 33.6 Å². The van der Waals surface area contributed by atoms with Crippen LogP contribution in [0.4, 0.5) is 0 Å². The Morgan fingerprint density at radius 3 is 2.38 bits per heavy atom. The highest BCUT2D eigenvalue weighted by molar-refractivity contribution is 5.95. The normalized spacial score (nSPS) is 12.6. The molecule has 1 aromatic heterocycles. The topological polar surface area (TPSA) is 12.9 Å². The Morgan fingerprint density at radius 1 is 1.00 bits per heavy atom. The Morgan fingerprint density at radius 2 is 1.71 bits per heavy atom. The summed E-state index contributed by atoms with van der Waals surface area (Å²) in [4.78, 5) is 4.41. The fourth-order valence-electron chi connectivity index (χ4n) is 2.77. The van der Waals surface area contributed by atoms with E-state index in [9.17, 15) is 0 Å². The summed E-state index contributed by atoms with van der Waals surface area (Å²) in [6, 6.07) is 12.7. The van der Waals surface area contributed by atoms with Gasteiger partial charge >= 0.3 is 0 Å². The molecule has 0 aliphatic heterocycles. The summed E-state index contributed by atoms with van der Waals surface area (Å²) < 4.78 is 16.3. The van der Waals surface area contributed by atoms with Gasteiger partial charge in [-0.1, -0.05) is 49.2 Å². The highest BCUT2D eigenvalue weighted by Crippen LogP contribution is 2.29. The number of hydrogen-bond acceptors (Lipinski definition) is 1. The van der Waals surface area contributed by atoms with Crippen molar-refractivity contribution in [2.24, 2.45) is 0 Å². The van der Waals surface area contributed by atoms with Gasteiger partial charge in [0.2, 0.25) is 0 Å². The number of aromatic nitrogens is 1. The molecule has 0 atom stereocenters. The van der Waals surface area contributed by atoms with E-state index in [1.165, 1.54) is 16.7 Å². The monoisotopic (exact) mass is 277 g/mol. The largest absolute Gasteiger partial charge is 0.256 e. The minimum absolute atomic E-state index is 0.0348. The van der Waals surface area contributed by atoms with Gasteiger partial charge < -0.3 is 0 Å². The molecule has 0 amide bonds. The first-order valence-corrected chi connectivity index (χ1v) is 7.36. The van der Waals surface area contributed by atoms with E-state index in [1.54, 1.807) is 0 Å². The van der Waals surface area contributed by atoms with E-state index in [0.29, 0.717) is 5.92 Å². The molecule has 0 saturated heterocycles. The van der Waals surface area contributed by atoms with Crippen LogP contribution in [-0.2, 0) is 0 Å². The molecule has 3 rings (SSSR count). The molecular weight excluding hydrogens is 254 g/mol. The van der Waals surface area contributed by atoms with E-state index >= 15 is 0 Å². The fraction of sp³-hybridized carbons (Fsp3) is 0.250. The van der Waals surface area contributed by atoms with Gasteiger partial charge in [-0.05, 0) is 48.9 Å². The molecule has 1 heteroatoms. The molecule has 0 radical (unpaired) electrons. The first kappa shape index (κ1) is 11.5. The average Bonchev–Trinajstić information content (AvgIpc) is 2.49. The van der Waals surface area contributed by atoms with Crippen LogP contribution < -0.4 is 0 Å². The molecule has 2 aromatic carbocycles. The minimum Gasteiger partial charge on any atom is -0.256 e. The van der Waals surface area contributed by atoms with Crippen LogP contribution in [0, 0.1) is 13.8 Å². The van der Waals surface area contributed by atoms with Gasteiger partial charge in [-0.15, -0.1) is 0 Å². The Kier molecular flexibility index (Phi) is 2.92. The molecule has 1 nitrogen and oxygen atoms in total. The lowest BCUT2D eigenvalue weighted by Gasteiger charge is -2.11. The zero-order chi connectivity index (χ0) is 16.7. The predicted octanol–water partition coefficient (Wildman–Crippen LogP) is 5.64. The molecule has 0 bridgehead atoms. The lowest BCUT2D eigenvalue weighted by molar-refractivity contribution is 0.869. The zero-order valence-corrected chi connectivity index (χ0v) is 13.0. The highest BCUT2D eigenvalue weighted by Gasteiger charge is 2.08. The maximum atomic E-state index is 8.22. The van der Waals surface area contributed by atoms with Gasteiger partial charge in [0.1, 0.15) is 0 Å². The van der Waals surface area contributed by atoms with E-state index in [0.717, 1.165) is 22.0 Å². The van der Waals surface area contributed by atoms with Crippen molar-refractivity contribution in [3.63, 3.8) is 0 Å². The van der Waals surface area contributed by atoms with Crippen molar-refractivity contribution in [3.8, 4) is 11.3 Å². The van der Waals surface area contributed by atoms with E-state index in [1.807, 2.05) is 12.1 Å². The van der Waals surface area contributed by atoms with Crippen LogP contribution in [-0.4, -0.2) is 4.98 Å². The Bertz CT molecular complexity index is 878. The predicted molar refractivity (Wildman–Crippen MR) is 90.7 cm³/mol.